The zero-order valence-electron chi connectivity index (χ0n) is 15.9. The third-order valence-electron chi connectivity index (χ3n) is 5.21. The fourth-order valence-corrected chi connectivity index (χ4v) is 3.57. The van der Waals surface area contributed by atoms with Crippen molar-refractivity contribution in [2.45, 2.75) is 83.0 Å². The minimum atomic E-state index is -0.576. The maximum Gasteiger partial charge on any atom is 0.306 e. The van der Waals surface area contributed by atoms with E-state index in [2.05, 4.69) is 19.1 Å². The highest BCUT2D eigenvalue weighted by Crippen LogP contribution is 2.47. The van der Waals surface area contributed by atoms with Gasteiger partial charge in [0, 0.05) is 12.3 Å². The molecule has 0 aromatic carbocycles. The Hall–Kier alpha value is -1.39. The van der Waals surface area contributed by atoms with Crippen LogP contribution < -0.4 is 0 Å². The van der Waals surface area contributed by atoms with E-state index in [1.807, 2.05) is 12.2 Å². The quantitative estimate of drug-likeness (QED) is 0.479. The van der Waals surface area contributed by atoms with Gasteiger partial charge < -0.3 is 14.9 Å². The Morgan fingerprint density at radius 2 is 1.92 bits per heavy atom. The SMILES string of the molecule is CC/C=C\C/C=C\CC(O)/C=C/[C@H](O)[C@@H]1CC1[C@H]1CCCCCC(=O)O1. The molecule has 0 aromatic heterocycles. The molecule has 0 aromatic rings. The van der Waals surface area contributed by atoms with Gasteiger partial charge in [-0.15, -0.1) is 0 Å². The van der Waals surface area contributed by atoms with Crippen LogP contribution in [0.4, 0.5) is 0 Å². The summed E-state index contributed by atoms with van der Waals surface area (Å²) in [5.41, 5.74) is 0. The van der Waals surface area contributed by atoms with Gasteiger partial charge >= 0.3 is 5.97 Å². The molecule has 2 unspecified atom stereocenters. The van der Waals surface area contributed by atoms with Crippen molar-refractivity contribution in [1.29, 1.82) is 0 Å². The maximum atomic E-state index is 11.7. The van der Waals surface area contributed by atoms with Gasteiger partial charge in [0.05, 0.1) is 12.2 Å². The van der Waals surface area contributed by atoms with Crippen molar-refractivity contribution in [2.75, 3.05) is 0 Å². The first-order valence-corrected chi connectivity index (χ1v) is 10.2. The number of carbonyl (C=O) groups excluding carboxylic acids is 1. The second-order valence-electron chi connectivity index (χ2n) is 7.46. The zero-order chi connectivity index (χ0) is 18.8. The standard InChI is InChI=1S/C22H34O4/c1-2-3-4-5-6-8-11-17(23)14-15-20(24)18-16-19(18)21-12-9-7-10-13-22(25)26-21/h3-4,6,8,14-15,17-21,23-24H,2,5,7,9-13,16H2,1H3/b4-3-,8-6-,15-14+/t17?,18-,19?,20+,21-/m1/s1. The average molecular weight is 363 g/mol. The predicted molar refractivity (Wildman–Crippen MR) is 104 cm³/mol. The van der Waals surface area contributed by atoms with Crippen molar-refractivity contribution in [2.24, 2.45) is 11.8 Å². The number of aliphatic hydroxyl groups excluding tert-OH is 2. The molecule has 1 saturated heterocycles. The van der Waals surface area contributed by atoms with Crippen LogP contribution in [0.3, 0.4) is 0 Å². The highest BCUT2D eigenvalue weighted by atomic mass is 16.5. The molecule has 0 amide bonds. The van der Waals surface area contributed by atoms with E-state index in [9.17, 15) is 15.0 Å². The molecule has 0 spiro atoms. The number of esters is 1. The first kappa shape index (κ1) is 20.9. The number of hydrogen-bond acceptors (Lipinski definition) is 4. The second kappa shape index (κ2) is 11.3. The molecule has 1 saturated carbocycles. The normalized spacial score (nSPS) is 29.7. The Kier molecular flexibility index (Phi) is 9.13. The van der Waals surface area contributed by atoms with Crippen molar-refractivity contribution in [3.05, 3.63) is 36.5 Å². The van der Waals surface area contributed by atoms with Crippen molar-refractivity contribution in [3.63, 3.8) is 0 Å². The molecule has 0 radical (unpaired) electrons. The Labute approximate surface area is 157 Å². The average Bonchev–Trinajstić information content (AvgIpc) is 3.39. The number of cyclic esters (lactones) is 1. The first-order chi connectivity index (χ1) is 12.6. The zero-order valence-corrected chi connectivity index (χ0v) is 15.9. The lowest BCUT2D eigenvalue weighted by Crippen LogP contribution is -2.24. The number of allylic oxidation sites excluding steroid dienone is 3. The third-order valence-corrected chi connectivity index (χ3v) is 5.21. The summed E-state index contributed by atoms with van der Waals surface area (Å²) in [7, 11) is 0. The van der Waals surface area contributed by atoms with Gasteiger partial charge in [0.2, 0.25) is 0 Å². The topological polar surface area (TPSA) is 66.8 Å². The summed E-state index contributed by atoms with van der Waals surface area (Å²) in [5.74, 6) is 0.311. The van der Waals surface area contributed by atoms with Gasteiger partial charge in [-0.25, -0.2) is 0 Å². The first-order valence-electron chi connectivity index (χ1n) is 10.2. The number of ether oxygens (including phenoxy) is 1. The van der Waals surface area contributed by atoms with E-state index in [1.165, 1.54) is 0 Å². The summed E-state index contributed by atoms with van der Waals surface area (Å²) in [6, 6.07) is 0. The van der Waals surface area contributed by atoms with Gasteiger partial charge in [-0.05, 0) is 50.9 Å². The van der Waals surface area contributed by atoms with E-state index >= 15 is 0 Å². The summed E-state index contributed by atoms with van der Waals surface area (Å²) in [5, 5.41) is 20.3. The number of aliphatic hydroxyl groups is 2. The van der Waals surface area contributed by atoms with Crippen LogP contribution >= 0.6 is 0 Å². The molecule has 0 bridgehead atoms. The van der Waals surface area contributed by atoms with Crippen molar-refractivity contribution in [3.8, 4) is 0 Å². The van der Waals surface area contributed by atoms with Crippen molar-refractivity contribution >= 4 is 5.97 Å². The Morgan fingerprint density at radius 1 is 1.12 bits per heavy atom. The highest BCUT2D eigenvalue weighted by Gasteiger charge is 2.47. The number of rotatable bonds is 9. The van der Waals surface area contributed by atoms with Gasteiger partial charge in [-0.3, -0.25) is 4.79 Å². The minimum absolute atomic E-state index is 0.0418. The molecule has 4 heteroatoms. The summed E-state index contributed by atoms with van der Waals surface area (Å²) in [6.45, 7) is 2.10. The Morgan fingerprint density at radius 3 is 2.73 bits per heavy atom. The van der Waals surface area contributed by atoms with Crippen LogP contribution in [0.25, 0.3) is 0 Å². The summed E-state index contributed by atoms with van der Waals surface area (Å²) in [6.07, 6.45) is 18.3. The number of carbonyl (C=O) groups is 1. The largest absolute Gasteiger partial charge is 0.462 e. The van der Waals surface area contributed by atoms with Crippen LogP contribution in [0, 0.1) is 11.8 Å². The van der Waals surface area contributed by atoms with E-state index in [1.54, 1.807) is 12.2 Å². The molecule has 146 valence electrons. The summed E-state index contributed by atoms with van der Waals surface area (Å²) in [4.78, 5) is 11.7. The molecule has 2 N–H and O–H groups in total. The van der Waals surface area contributed by atoms with Crippen molar-refractivity contribution < 1.29 is 19.7 Å². The fraction of sp³-hybridized carbons (Fsp3) is 0.682. The van der Waals surface area contributed by atoms with Crippen LogP contribution in [0.15, 0.2) is 36.5 Å². The van der Waals surface area contributed by atoms with Gasteiger partial charge in [0.25, 0.3) is 0 Å². The lowest BCUT2D eigenvalue weighted by Gasteiger charge is -2.21. The van der Waals surface area contributed by atoms with E-state index in [0.29, 0.717) is 12.8 Å². The molecular weight excluding hydrogens is 328 g/mol. The van der Waals surface area contributed by atoms with Gasteiger partial charge in [0.15, 0.2) is 0 Å². The van der Waals surface area contributed by atoms with Crippen LogP contribution in [0.2, 0.25) is 0 Å². The second-order valence-corrected chi connectivity index (χ2v) is 7.46. The monoisotopic (exact) mass is 362 g/mol. The molecular formula is C22H34O4. The fourth-order valence-electron chi connectivity index (χ4n) is 3.57. The molecule has 1 aliphatic heterocycles. The molecule has 4 nitrogen and oxygen atoms in total. The third kappa shape index (κ3) is 7.46. The molecule has 1 heterocycles. The highest BCUT2D eigenvalue weighted by molar-refractivity contribution is 5.69. The van der Waals surface area contributed by atoms with Crippen LogP contribution in [-0.2, 0) is 9.53 Å². The van der Waals surface area contributed by atoms with Crippen LogP contribution in [0.5, 0.6) is 0 Å². The minimum Gasteiger partial charge on any atom is -0.462 e. The molecule has 5 atom stereocenters. The number of hydrogen-bond donors (Lipinski definition) is 2. The molecule has 2 rings (SSSR count). The smallest absolute Gasteiger partial charge is 0.306 e. The maximum absolute atomic E-state index is 11.7. The van der Waals surface area contributed by atoms with E-state index in [0.717, 1.165) is 44.9 Å². The molecule has 26 heavy (non-hydrogen) atoms. The molecule has 2 aliphatic rings. The molecule has 1 aliphatic carbocycles. The van der Waals surface area contributed by atoms with Gasteiger partial charge in [-0.1, -0.05) is 49.8 Å². The lowest BCUT2D eigenvalue weighted by molar-refractivity contribution is -0.152. The lowest BCUT2D eigenvalue weighted by atomic mass is 10.0. The van der Waals surface area contributed by atoms with Gasteiger partial charge in [0.1, 0.15) is 6.10 Å². The van der Waals surface area contributed by atoms with Crippen LogP contribution in [-0.4, -0.2) is 34.5 Å². The van der Waals surface area contributed by atoms with E-state index in [-0.39, 0.29) is 23.9 Å². The summed E-state index contributed by atoms with van der Waals surface area (Å²) < 4.78 is 5.58. The van der Waals surface area contributed by atoms with Crippen LogP contribution in [0.1, 0.15) is 64.7 Å². The Balaban J connectivity index is 1.70. The molecule has 2 fully saturated rings. The Bertz CT molecular complexity index is 508. The van der Waals surface area contributed by atoms with Gasteiger partial charge in [-0.2, -0.15) is 0 Å². The van der Waals surface area contributed by atoms with E-state index in [4.69, 9.17) is 4.74 Å². The predicted octanol–water partition coefficient (Wildman–Crippen LogP) is 4.08. The summed E-state index contributed by atoms with van der Waals surface area (Å²) >= 11 is 0. The van der Waals surface area contributed by atoms with E-state index < -0.39 is 12.2 Å². The van der Waals surface area contributed by atoms with Crippen molar-refractivity contribution in [1.82, 2.24) is 0 Å².